The molecule has 27 heavy (non-hydrogen) atoms. The van der Waals surface area contributed by atoms with E-state index in [9.17, 15) is 18.0 Å². The number of nitrogens with one attached hydrogen (secondary N) is 2. The van der Waals surface area contributed by atoms with Crippen molar-refractivity contribution in [2.75, 3.05) is 22.4 Å². The maximum absolute atomic E-state index is 12.3. The predicted molar refractivity (Wildman–Crippen MR) is 107 cm³/mol. The molecule has 150 valence electrons. The molecule has 1 aromatic carbocycles. The summed E-state index contributed by atoms with van der Waals surface area (Å²) in [6.45, 7) is 1.44. The summed E-state index contributed by atoms with van der Waals surface area (Å²) < 4.78 is 25.6. The van der Waals surface area contributed by atoms with Crippen molar-refractivity contribution in [3.05, 3.63) is 24.3 Å². The van der Waals surface area contributed by atoms with Crippen LogP contribution in [0.25, 0.3) is 0 Å². The lowest BCUT2D eigenvalue weighted by molar-refractivity contribution is -0.121. The first-order valence-electron chi connectivity index (χ1n) is 9.40. The van der Waals surface area contributed by atoms with Gasteiger partial charge >= 0.3 is 0 Å². The van der Waals surface area contributed by atoms with Crippen LogP contribution < -0.4 is 14.9 Å². The van der Waals surface area contributed by atoms with Gasteiger partial charge in [0.15, 0.2) is 0 Å². The number of hydrogen-bond acceptors (Lipinski definition) is 4. The minimum Gasteiger partial charge on any atom is -0.353 e. The van der Waals surface area contributed by atoms with Gasteiger partial charge in [-0.15, -0.1) is 0 Å². The van der Waals surface area contributed by atoms with Crippen molar-refractivity contribution < 1.29 is 18.0 Å². The van der Waals surface area contributed by atoms with Gasteiger partial charge in [-0.05, 0) is 31.0 Å². The summed E-state index contributed by atoms with van der Waals surface area (Å²) in [4.78, 5) is 23.5. The van der Waals surface area contributed by atoms with E-state index in [1.54, 1.807) is 24.3 Å². The van der Waals surface area contributed by atoms with Crippen molar-refractivity contribution in [1.82, 2.24) is 5.32 Å². The largest absolute Gasteiger partial charge is 0.353 e. The number of hydrogen-bond donors (Lipinski definition) is 2. The smallest absolute Gasteiger partial charge is 0.232 e. The zero-order chi connectivity index (χ0) is 19.9. The third kappa shape index (κ3) is 7.21. The Kier molecular flexibility index (Phi) is 7.65. The molecule has 2 N–H and O–H groups in total. The van der Waals surface area contributed by atoms with Gasteiger partial charge in [0.25, 0.3) is 0 Å². The summed E-state index contributed by atoms with van der Waals surface area (Å²) in [6, 6.07) is 6.78. The van der Waals surface area contributed by atoms with Gasteiger partial charge in [0.05, 0.1) is 11.9 Å². The van der Waals surface area contributed by atoms with Gasteiger partial charge in [0.1, 0.15) is 0 Å². The normalized spacial score (nSPS) is 15.6. The number of sulfonamides is 1. The van der Waals surface area contributed by atoms with E-state index >= 15 is 0 Å². The van der Waals surface area contributed by atoms with Crippen molar-refractivity contribution in [2.45, 2.75) is 57.9 Å². The summed E-state index contributed by atoms with van der Waals surface area (Å²) in [5, 5.41) is 5.67. The molecule has 0 atom stereocenters. The molecule has 7 nitrogen and oxygen atoms in total. The predicted octanol–water partition coefficient (Wildman–Crippen LogP) is 2.64. The van der Waals surface area contributed by atoms with Crippen LogP contribution in [0.4, 0.5) is 11.4 Å². The third-order valence-electron chi connectivity index (χ3n) is 4.62. The monoisotopic (exact) mass is 395 g/mol. The van der Waals surface area contributed by atoms with Crippen LogP contribution in [0.15, 0.2) is 24.3 Å². The van der Waals surface area contributed by atoms with E-state index in [0.29, 0.717) is 11.4 Å². The second kappa shape index (κ2) is 9.73. The molecule has 1 aliphatic carbocycles. The summed E-state index contributed by atoms with van der Waals surface area (Å²) in [7, 11) is -3.56. The van der Waals surface area contributed by atoms with E-state index in [4.69, 9.17) is 0 Å². The molecule has 0 unspecified atom stereocenters. The molecule has 1 aliphatic rings. The Bertz CT molecular complexity index is 756. The number of benzene rings is 1. The third-order valence-corrected chi connectivity index (χ3v) is 5.81. The number of anilines is 2. The first kappa shape index (κ1) is 21.2. The molecule has 0 spiro atoms. The van der Waals surface area contributed by atoms with E-state index < -0.39 is 10.0 Å². The van der Waals surface area contributed by atoms with Crippen molar-refractivity contribution in [3.8, 4) is 0 Å². The Labute approximate surface area is 161 Å². The van der Waals surface area contributed by atoms with Crippen LogP contribution in [-0.2, 0) is 19.6 Å². The molecule has 1 aromatic rings. The SMILES string of the molecule is CC(=O)Nc1cccc(N(CCC(=O)NC2CCCCCC2)S(C)(=O)=O)c1. The molecule has 1 saturated carbocycles. The fourth-order valence-electron chi connectivity index (χ4n) is 3.36. The highest BCUT2D eigenvalue weighted by Gasteiger charge is 2.20. The Morgan fingerprint density at radius 3 is 2.41 bits per heavy atom. The number of amides is 2. The average Bonchev–Trinajstić information content (AvgIpc) is 2.82. The van der Waals surface area contributed by atoms with Crippen LogP contribution in [0.1, 0.15) is 51.9 Å². The van der Waals surface area contributed by atoms with Crippen LogP contribution in [0.5, 0.6) is 0 Å². The van der Waals surface area contributed by atoms with Crippen molar-refractivity contribution >= 4 is 33.2 Å². The van der Waals surface area contributed by atoms with Gasteiger partial charge in [-0.2, -0.15) is 0 Å². The molecule has 0 saturated heterocycles. The van der Waals surface area contributed by atoms with Gasteiger partial charge in [-0.25, -0.2) is 8.42 Å². The molecule has 0 aromatic heterocycles. The minimum atomic E-state index is -3.56. The van der Waals surface area contributed by atoms with Crippen LogP contribution in [0, 0.1) is 0 Å². The summed E-state index contributed by atoms with van der Waals surface area (Å²) >= 11 is 0. The number of nitrogens with zero attached hydrogens (tertiary/aromatic N) is 1. The zero-order valence-electron chi connectivity index (χ0n) is 16.0. The lowest BCUT2D eigenvalue weighted by atomic mass is 10.1. The quantitative estimate of drug-likeness (QED) is 0.694. The lowest BCUT2D eigenvalue weighted by Crippen LogP contribution is -2.38. The van der Waals surface area contributed by atoms with Crippen LogP contribution in [0.3, 0.4) is 0 Å². The van der Waals surface area contributed by atoms with Crippen molar-refractivity contribution in [1.29, 1.82) is 0 Å². The molecule has 0 heterocycles. The van der Waals surface area contributed by atoms with E-state index in [2.05, 4.69) is 10.6 Å². The van der Waals surface area contributed by atoms with E-state index in [1.165, 1.54) is 24.1 Å². The second-order valence-corrected chi connectivity index (χ2v) is 8.98. The van der Waals surface area contributed by atoms with E-state index in [-0.39, 0.29) is 30.8 Å². The molecular formula is C19H29N3O4S. The topological polar surface area (TPSA) is 95.6 Å². The summed E-state index contributed by atoms with van der Waals surface area (Å²) in [5.74, 6) is -0.366. The van der Waals surface area contributed by atoms with E-state index in [0.717, 1.165) is 31.9 Å². The maximum atomic E-state index is 12.3. The molecule has 8 heteroatoms. The maximum Gasteiger partial charge on any atom is 0.232 e. The van der Waals surface area contributed by atoms with Crippen LogP contribution >= 0.6 is 0 Å². The number of rotatable bonds is 7. The number of carbonyl (C=O) groups excluding carboxylic acids is 2. The highest BCUT2D eigenvalue weighted by Crippen LogP contribution is 2.22. The van der Waals surface area contributed by atoms with Crippen molar-refractivity contribution in [3.63, 3.8) is 0 Å². The molecule has 2 rings (SSSR count). The molecule has 0 radical (unpaired) electrons. The van der Waals surface area contributed by atoms with Gasteiger partial charge < -0.3 is 10.6 Å². The fraction of sp³-hybridized carbons (Fsp3) is 0.579. The Morgan fingerprint density at radius 1 is 1.15 bits per heavy atom. The Morgan fingerprint density at radius 2 is 1.81 bits per heavy atom. The highest BCUT2D eigenvalue weighted by molar-refractivity contribution is 7.92. The second-order valence-electron chi connectivity index (χ2n) is 7.07. The van der Waals surface area contributed by atoms with Crippen LogP contribution in [-0.4, -0.2) is 39.1 Å². The summed E-state index contributed by atoms with van der Waals surface area (Å²) in [6.07, 6.45) is 7.83. The fourth-order valence-corrected chi connectivity index (χ4v) is 4.27. The zero-order valence-corrected chi connectivity index (χ0v) is 16.8. The lowest BCUT2D eigenvalue weighted by Gasteiger charge is -2.23. The van der Waals surface area contributed by atoms with Gasteiger partial charge in [-0.1, -0.05) is 31.7 Å². The van der Waals surface area contributed by atoms with E-state index in [1.807, 2.05) is 0 Å². The standard InChI is InChI=1S/C19H29N3O4S/c1-15(23)20-17-10-7-11-18(14-17)22(27(2,25)26)13-12-19(24)21-16-8-5-3-4-6-9-16/h7,10-11,14,16H,3-6,8-9,12-13H2,1-2H3,(H,20,23)(H,21,24). The molecule has 1 fully saturated rings. The number of carbonyl (C=O) groups is 2. The minimum absolute atomic E-state index is 0.0565. The highest BCUT2D eigenvalue weighted by atomic mass is 32.2. The molecule has 0 bridgehead atoms. The van der Waals surface area contributed by atoms with Crippen molar-refractivity contribution in [2.24, 2.45) is 0 Å². The van der Waals surface area contributed by atoms with Crippen LogP contribution in [0.2, 0.25) is 0 Å². The first-order valence-corrected chi connectivity index (χ1v) is 11.3. The van der Waals surface area contributed by atoms with Gasteiger partial charge in [-0.3, -0.25) is 13.9 Å². The van der Waals surface area contributed by atoms with Gasteiger partial charge in [0.2, 0.25) is 21.8 Å². The van der Waals surface area contributed by atoms with Gasteiger partial charge in [0, 0.05) is 31.6 Å². The Balaban J connectivity index is 2.02. The summed E-state index contributed by atoms with van der Waals surface area (Å²) in [5.41, 5.74) is 0.933. The first-order chi connectivity index (χ1) is 12.8. The molecule has 2 amide bonds. The molecular weight excluding hydrogens is 366 g/mol. The molecule has 0 aliphatic heterocycles. The Hall–Kier alpha value is -2.09. The average molecular weight is 396 g/mol.